The first-order valence-electron chi connectivity index (χ1n) is 7.07. The van der Waals surface area contributed by atoms with E-state index < -0.39 is 0 Å². The van der Waals surface area contributed by atoms with Crippen LogP contribution >= 0.6 is 0 Å². The molecule has 1 fully saturated rings. The molecule has 1 aliphatic rings. The zero-order valence-electron chi connectivity index (χ0n) is 11.7. The summed E-state index contributed by atoms with van der Waals surface area (Å²) in [5.41, 5.74) is 7.04. The van der Waals surface area contributed by atoms with Gasteiger partial charge in [0.1, 0.15) is 0 Å². The van der Waals surface area contributed by atoms with Gasteiger partial charge in [-0.15, -0.1) is 0 Å². The van der Waals surface area contributed by atoms with Crippen LogP contribution in [0.1, 0.15) is 30.1 Å². The number of fused-ring (bicyclic) bond motifs is 1. The van der Waals surface area contributed by atoms with Gasteiger partial charge in [-0.2, -0.15) is 0 Å². The molecule has 4 nitrogen and oxygen atoms in total. The van der Waals surface area contributed by atoms with Gasteiger partial charge in [-0.1, -0.05) is 13.0 Å². The lowest BCUT2D eigenvalue weighted by Crippen LogP contribution is -2.33. The van der Waals surface area contributed by atoms with Crippen LogP contribution in [0.5, 0.6) is 0 Å². The van der Waals surface area contributed by atoms with Gasteiger partial charge in [-0.05, 0) is 30.9 Å². The van der Waals surface area contributed by atoms with Gasteiger partial charge in [0.2, 0.25) is 5.91 Å². The van der Waals surface area contributed by atoms with Crippen LogP contribution in [0.25, 0.3) is 10.8 Å². The Morgan fingerprint density at radius 3 is 2.75 bits per heavy atom. The zero-order valence-corrected chi connectivity index (χ0v) is 11.7. The molecule has 1 aliphatic heterocycles. The molecule has 0 bridgehead atoms. The number of rotatable bonds is 2. The number of hydrogen-bond donors (Lipinski definition) is 1. The van der Waals surface area contributed by atoms with Gasteiger partial charge in [0.05, 0.1) is 11.9 Å². The van der Waals surface area contributed by atoms with Gasteiger partial charge in [0, 0.05) is 35.6 Å². The molecule has 2 N–H and O–H groups in total. The molecule has 1 aromatic heterocycles. The molecule has 0 aliphatic carbocycles. The molecule has 2 aromatic rings. The summed E-state index contributed by atoms with van der Waals surface area (Å²) < 4.78 is 0. The average molecular weight is 269 g/mol. The third kappa shape index (κ3) is 2.33. The summed E-state index contributed by atoms with van der Waals surface area (Å²) in [6.07, 6.45) is 6.12. The summed E-state index contributed by atoms with van der Waals surface area (Å²) in [5, 5.41) is 2.11. The summed E-state index contributed by atoms with van der Waals surface area (Å²) in [4.78, 5) is 18.1. The number of pyridine rings is 1. The fourth-order valence-electron chi connectivity index (χ4n) is 2.80. The average Bonchev–Trinajstić information content (AvgIpc) is 2.47. The smallest absolute Gasteiger partial charge is 0.248 e. The topological polar surface area (TPSA) is 59.2 Å². The minimum atomic E-state index is -0.387. The van der Waals surface area contributed by atoms with Crippen molar-refractivity contribution in [3.05, 3.63) is 36.2 Å². The third-order valence-electron chi connectivity index (χ3n) is 4.15. The van der Waals surface area contributed by atoms with E-state index >= 15 is 0 Å². The van der Waals surface area contributed by atoms with Crippen molar-refractivity contribution in [2.75, 3.05) is 18.0 Å². The number of piperidine rings is 1. The van der Waals surface area contributed by atoms with E-state index in [9.17, 15) is 4.79 Å². The van der Waals surface area contributed by atoms with E-state index in [1.807, 2.05) is 24.5 Å². The second-order valence-electron chi connectivity index (χ2n) is 5.63. The molecule has 0 saturated carbocycles. The normalized spacial score (nSPS) is 16.6. The number of nitrogens with two attached hydrogens (primary N) is 1. The van der Waals surface area contributed by atoms with Crippen molar-refractivity contribution < 1.29 is 4.79 Å². The molecule has 0 radical (unpaired) electrons. The van der Waals surface area contributed by atoms with Crippen molar-refractivity contribution in [3.8, 4) is 0 Å². The Balaban J connectivity index is 2.05. The Hall–Kier alpha value is -2.10. The number of primary amides is 1. The number of carbonyl (C=O) groups excluding carboxylic acids is 1. The maximum Gasteiger partial charge on any atom is 0.248 e. The van der Waals surface area contributed by atoms with E-state index in [0.717, 1.165) is 35.5 Å². The van der Waals surface area contributed by atoms with Crippen molar-refractivity contribution in [3.63, 3.8) is 0 Å². The van der Waals surface area contributed by atoms with Gasteiger partial charge >= 0.3 is 0 Å². The first-order valence-corrected chi connectivity index (χ1v) is 7.07. The molecule has 2 heterocycles. The Labute approximate surface area is 118 Å². The lowest BCUT2D eigenvalue weighted by Gasteiger charge is -2.32. The highest BCUT2D eigenvalue weighted by molar-refractivity contribution is 6.01. The van der Waals surface area contributed by atoms with E-state index in [2.05, 4.69) is 16.8 Å². The molecule has 4 heteroatoms. The third-order valence-corrected chi connectivity index (χ3v) is 4.15. The molecule has 104 valence electrons. The van der Waals surface area contributed by atoms with Gasteiger partial charge in [0.25, 0.3) is 0 Å². The van der Waals surface area contributed by atoms with Crippen LogP contribution in [0.15, 0.2) is 30.6 Å². The lowest BCUT2D eigenvalue weighted by molar-refractivity contribution is 0.100. The monoisotopic (exact) mass is 269 g/mol. The van der Waals surface area contributed by atoms with Gasteiger partial charge < -0.3 is 10.6 Å². The Bertz CT molecular complexity index is 645. The summed E-state index contributed by atoms with van der Waals surface area (Å²) in [6.45, 7) is 4.38. The molecule has 0 spiro atoms. The largest absolute Gasteiger partial charge is 0.370 e. The van der Waals surface area contributed by atoms with Crippen molar-refractivity contribution in [1.82, 2.24) is 4.98 Å². The molecule has 1 saturated heterocycles. The molecule has 1 amide bonds. The fraction of sp³-hybridized carbons (Fsp3) is 0.375. The predicted octanol–water partition coefficient (Wildman–Crippen LogP) is 2.57. The summed E-state index contributed by atoms with van der Waals surface area (Å²) >= 11 is 0. The fourth-order valence-corrected chi connectivity index (χ4v) is 2.80. The standard InChI is InChI=1S/C16H19N3O/c1-11-4-6-19(7-5-11)15-10-18-9-13-3-2-12(16(17)20)8-14(13)15/h2-3,8-11H,4-7H2,1H3,(H2,17,20). The maximum atomic E-state index is 11.4. The van der Waals surface area contributed by atoms with E-state index in [4.69, 9.17) is 5.73 Å². The minimum absolute atomic E-state index is 0.387. The molecule has 0 unspecified atom stereocenters. The SMILES string of the molecule is CC1CCN(c2cncc3ccc(C(N)=O)cc23)CC1. The van der Waals surface area contributed by atoms with Crippen LogP contribution in [0.4, 0.5) is 5.69 Å². The van der Waals surface area contributed by atoms with Gasteiger partial charge in [-0.3, -0.25) is 9.78 Å². The van der Waals surface area contributed by atoms with E-state index in [-0.39, 0.29) is 5.91 Å². The van der Waals surface area contributed by atoms with Crippen molar-refractivity contribution in [1.29, 1.82) is 0 Å². The number of aromatic nitrogens is 1. The summed E-state index contributed by atoms with van der Waals surface area (Å²) in [7, 11) is 0. The van der Waals surface area contributed by atoms with Crippen LogP contribution in [0.2, 0.25) is 0 Å². The quantitative estimate of drug-likeness (QED) is 0.911. The summed E-state index contributed by atoms with van der Waals surface area (Å²) in [5.74, 6) is 0.400. The molecule has 0 atom stereocenters. The molecular weight excluding hydrogens is 250 g/mol. The highest BCUT2D eigenvalue weighted by Gasteiger charge is 2.18. The Morgan fingerprint density at radius 1 is 1.30 bits per heavy atom. The lowest BCUT2D eigenvalue weighted by atomic mass is 9.98. The number of hydrogen-bond acceptors (Lipinski definition) is 3. The van der Waals surface area contributed by atoms with Gasteiger partial charge in [-0.25, -0.2) is 0 Å². The minimum Gasteiger partial charge on any atom is -0.370 e. The van der Waals surface area contributed by atoms with Gasteiger partial charge in [0.15, 0.2) is 0 Å². The van der Waals surface area contributed by atoms with Crippen molar-refractivity contribution in [2.24, 2.45) is 11.7 Å². The Kier molecular flexibility index (Phi) is 3.30. The molecular formula is C16H19N3O. The second-order valence-corrected chi connectivity index (χ2v) is 5.63. The Morgan fingerprint density at radius 2 is 2.05 bits per heavy atom. The first-order chi connectivity index (χ1) is 9.65. The van der Waals surface area contributed by atoms with Crippen LogP contribution in [0.3, 0.4) is 0 Å². The highest BCUT2D eigenvalue weighted by Crippen LogP contribution is 2.29. The number of carbonyl (C=O) groups is 1. The molecule has 20 heavy (non-hydrogen) atoms. The van der Waals surface area contributed by atoms with Crippen molar-refractivity contribution in [2.45, 2.75) is 19.8 Å². The van der Waals surface area contributed by atoms with E-state index in [1.54, 1.807) is 6.07 Å². The zero-order chi connectivity index (χ0) is 14.1. The van der Waals surface area contributed by atoms with Crippen LogP contribution < -0.4 is 10.6 Å². The highest BCUT2D eigenvalue weighted by atomic mass is 16.1. The second kappa shape index (κ2) is 5.12. The molecule has 1 aromatic carbocycles. The first kappa shape index (κ1) is 12.9. The molecule has 3 rings (SSSR count). The van der Waals surface area contributed by atoms with Crippen LogP contribution in [0, 0.1) is 5.92 Å². The number of benzene rings is 1. The predicted molar refractivity (Wildman–Crippen MR) is 80.9 cm³/mol. The maximum absolute atomic E-state index is 11.4. The number of amides is 1. The van der Waals surface area contributed by atoms with Crippen molar-refractivity contribution >= 4 is 22.4 Å². The summed E-state index contributed by atoms with van der Waals surface area (Å²) in [6, 6.07) is 5.56. The van der Waals surface area contributed by atoms with Crippen LogP contribution in [-0.2, 0) is 0 Å². The number of anilines is 1. The van der Waals surface area contributed by atoms with E-state index in [1.165, 1.54) is 12.8 Å². The van der Waals surface area contributed by atoms with E-state index in [0.29, 0.717) is 5.56 Å². The number of nitrogens with zero attached hydrogens (tertiary/aromatic N) is 2. The van der Waals surface area contributed by atoms with Crippen LogP contribution in [-0.4, -0.2) is 24.0 Å².